The molecule has 1 aliphatic heterocycles. The van der Waals surface area contributed by atoms with Crippen molar-refractivity contribution in [3.05, 3.63) is 0 Å². The second-order valence-electron chi connectivity index (χ2n) is 3.26. The quantitative estimate of drug-likeness (QED) is 0.584. The lowest BCUT2D eigenvalue weighted by molar-refractivity contribution is -0.145. The van der Waals surface area contributed by atoms with Crippen molar-refractivity contribution in [2.75, 3.05) is 19.7 Å². The number of carbonyl (C=O) groups is 1. The lowest BCUT2D eigenvalue weighted by Crippen LogP contribution is -2.20. The molecule has 0 amide bonds. The molecule has 0 spiro atoms. The van der Waals surface area contributed by atoms with Crippen molar-refractivity contribution in [2.45, 2.75) is 6.92 Å². The fraction of sp³-hybridized carbons (Fsp3) is 0.875. The van der Waals surface area contributed by atoms with Crippen molar-refractivity contribution in [3.8, 4) is 0 Å². The molecule has 0 aromatic heterocycles. The molecule has 1 saturated heterocycles. The molecule has 3 atom stereocenters. The molecule has 64 valence electrons. The summed E-state index contributed by atoms with van der Waals surface area (Å²) in [6.45, 7) is 4.39. The van der Waals surface area contributed by atoms with Crippen molar-refractivity contribution < 1.29 is 11.0 Å². The summed E-state index contributed by atoms with van der Waals surface area (Å²) in [6, 6.07) is 0. The van der Waals surface area contributed by atoms with Gasteiger partial charge in [-0.05, 0) is 31.8 Å². The number of piperidine rings is 1. The fourth-order valence-corrected chi connectivity index (χ4v) is 2.01. The van der Waals surface area contributed by atoms with Gasteiger partial charge in [-0.3, -0.25) is 4.79 Å². The average molecular weight is 157 g/mol. The van der Waals surface area contributed by atoms with Gasteiger partial charge in [0.15, 0.2) is 0 Å². The van der Waals surface area contributed by atoms with E-state index in [-0.39, 0.29) is 13.3 Å². The molecule has 1 unspecified atom stereocenters. The maximum atomic E-state index is 11.2. The van der Waals surface area contributed by atoms with E-state index < -0.39 is 0 Å². The highest BCUT2D eigenvalue weighted by Crippen LogP contribution is 2.49. The maximum Gasteiger partial charge on any atom is 0.309 e. The minimum Gasteiger partial charge on any atom is -0.466 e. The number of nitrogens with one attached hydrogen (secondary N) is 1. The Hall–Kier alpha value is -0.570. The van der Waals surface area contributed by atoms with Crippen LogP contribution < -0.4 is 5.32 Å². The number of fused-ring (bicyclic) bond motifs is 1. The van der Waals surface area contributed by atoms with Crippen molar-refractivity contribution in [1.82, 2.24) is 5.32 Å². The second kappa shape index (κ2) is 2.48. The number of carbonyl (C=O) groups excluding carboxylic acids is 1. The lowest BCUT2D eigenvalue weighted by atomic mass is 10.3. The minimum absolute atomic E-state index is 0. The Kier molecular flexibility index (Phi) is 1.60. The number of hydrogen-bond acceptors (Lipinski definition) is 3. The lowest BCUT2D eigenvalue weighted by Gasteiger charge is -2.03. The van der Waals surface area contributed by atoms with Gasteiger partial charge in [0.05, 0.1) is 12.5 Å². The van der Waals surface area contributed by atoms with Gasteiger partial charge in [-0.2, -0.15) is 0 Å². The minimum atomic E-state index is 0. The molecule has 0 bridgehead atoms. The summed E-state index contributed by atoms with van der Waals surface area (Å²) in [4.78, 5) is 11.2. The van der Waals surface area contributed by atoms with Gasteiger partial charge in [0.1, 0.15) is 0 Å². The normalized spacial score (nSPS) is 39.9. The van der Waals surface area contributed by atoms with Crippen LogP contribution in [0.25, 0.3) is 0 Å². The molecule has 0 aromatic carbocycles. The fourth-order valence-electron chi connectivity index (χ4n) is 2.01. The van der Waals surface area contributed by atoms with E-state index in [0.717, 1.165) is 13.1 Å². The molecule has 1 saturated carbocycles. The summed E-state index contributed by atoms with van der Waals surface area (Å²) in [6.07, 6.45) is 0. The van der Waals surface area contributed by atoms with E-state index in [4.69, 9.17) is 4.74 Å². The van der Waals surface area contributed by atoms with E-state index in [1.807, 2.05) is 6.92 Å². The third-order valence-corrected chi connectivity index (χ3v) is 2.65. The predicted octanol–water partition coefficient (Wildman–Crippen LogP) is 0.261. The molecule has 2 aliphatic rings. The summed E-state index contributed by atoms with van der Waals surface area (Å²) >= 11 is 0. The van der Waals surface area contributed by atoms with Gasteiger partial charge in [0.2, 0.25) is 0 Å². The zero-order valence-electron chi connectivity index (χ0n) is 6.67. The molecule has 11 heavy (non-hydrogen) atoms. The van der Waals surface area contributed by atoms with Gasteiger partial charge in [0, 0.05) is 1.43 Å². The van der Waals surface area contributed by atoms with E-state index in [1.54, 1.807) is 0 Å². The Morgan fingerprint density at radius 2 is 2.27 bits per heavy atom. The van der Waals surface area contributed by atoms with Crippen LogP contribution in [0.2, 0.25) is 0 Å². The Balaban J connectivity index is 0.000000720. The van der Waals surface area contributed by atoms with E-state index in [0.29, 0.717) is 18.4 Å². The zero-order chi connectivity index (χ0) is 7.84. The van der Waals surface area contributed by atoms with Gasteiger partial charge >= 0.3 is 5.97 Å². The van der Waals surface area contributed by atoms with E-state index in [1.165, 1.54) is 0 Å². The summed E-state index contributed by atoms with van der Waals surface area (Å²) in [5.41, 5.74) is 0. The highest BCUT2D eigenvalue weighted by molar-refractivity contribution is 5.76. The number of hydrogen-bond donors (Lipinski definition) is 1. The largest absolute Gasteiger partial charge is 0.466 e. The smallest absolute Gasteiger partial charge is 0.309 e. The monoisotopic (exact) mass is 157 g/mol. The van der Waals surface area contributed by atoms with Gasteiger partial charge in [-0.25, -0.2) is 0 Å². The van der Waals surface area contributed by atoms with Gasteiger partial charge in [-0.1, -0.05) is 0 Å². The van der Waals surface area contributed by atoms with Crippen LogP contribution >= 0.6 is 0 Å². The first kappa shape index (κ1) is 7.10. The Bertz CT molecular complexity index is 176. The first-order valence-electron chi connectivity index (χ1n) is 4.22. The standard InChI is InChI=1S/C8H13NO2.H2/c1-2-11-8(10)7-5-3-9-4-6(5)7;/h5-7,9H,2-4H2,1H3;1H/t5-,6+,7?;. The van der Waals surface area contributed by atoms with Crippen molar-refractivity contribution in [2.24, 2.45) is 17.8 Å². The zero-order valence-corrected chi connectivity index (χ0v) is 6.67. The van der Waals surface area contributed by atoms with Crippen molar-refractivity contribution in [3.63, 3.8) is 0 Å². The molecule has 1 N–H and O–H groups in total. The first-order chi connectivity index (χ1) is 5.34. The molecule has 3 heteroatoms. The third-order valence-electron chi connectivity index (χ3n) is 2.65. The highest BCUT2D eigenvalue weighted by Gasteiger charge is 2.57. The van der Waals surface area contributed by atoms with Gasteiger partial charge in [-0.15, -0.1) is 0 Å². The van der Waals surface area contributed by atoms with Crippen LogP contribution in [0.5, 0.6) is 0 Å². The molecule has 2 fully saturated rings. The van der Waals surface area contributed by atoms with Gasteiger partial charge < -0.3 is 10.1 Å². The topological polar surface area (TPSA) is 38.3 Å². The molecule has 2 rings (SSSR count). The van der Waals surface area contributed by atoms with Crippen LogP contribution in [0.15, 0.2) is 0 Å². The average Bonchev–Trinajstić information content (AvgIpc) is 2.47. The van der Waals surface area contributed by atoms with Crippen LogP contribution in [-0.2, 0) is 9.53 Å². The second-order valence-corrected chi connectivity index (χ2v) is 3.26. The Morgan fingerprint density at radius 1 is 1.64 bits per heavy atom. The number of esters is 1. The summed E-state index contributed by atoms with van der Waals surface area (Å²) < 4.78 is 4.94. The van der Waals surface area contributed by atoms with Crippen LogP contribution in [0.1, 0.15) is 8.35 Å². The van der Waals surface area contributed by atoms with Gasteiger partial charge in [0.25, 0.3) is 0 Å². The number of ether oxygens (including phenoxy) is 1. The highest BCUT2D eigenvalue weighted by atomic mass is 16.5. The van der Waals surface area contributed by atoms with Crippen LogP contribution in [0, 0.1) is 17.8 Å². The molecular formula is C8H15NO2. The van der Waals surface area contributed by atoms with Crippen LogP contribution in [0.4, 0.5) is 0 Å². The summed E-state index contributed by atoms with van der Waals surface area (Å²) in [5.74, 6) is 1.43. The number of rotatable bonds is 2. The molecular weight excluding hydrogens is 142 g/mol. The van der Waals surface area contributed by atoms with E-state index in [9.17, 15) is 4.79 Å². The predicted molar refractivity (Wildman–Crippen MR) is 42.1 cm³/mol. The molecule has 0 radical (unpaired) electrons. The Labute approximate surface area is 67.6 Å². The van der Waals surface area contributed by atoms with E-state index >= 15 is 0 Å². The SMILES string of the molecule is CCOC(=O)C1[C@H]2CNC[C@@H]12.[HH]. The van der Waals surface area contributed by atoms with Crippen molar-refractivity contribution >= 4 is 5.97 Å². The molecule has 1 heterocycles. The van der Waals surface area contributed by atoms with E-state index in [2.05, 4.69) is 5.32 Å². The molecule has 3 nitrogen and oxygen atoms in total. The summed E-state index contributed by atoms with van der Waals surface area (Å²) in [5, 5.41) is 3.24. The first-order valence-corrected chi connectivity index (χ1v) is 4.22. The Morgan fingerprint density at radius 3 is 2.82 bits per heavy atom. The van der Waals surface area contributed by atoms with Crippen LogP contribution in [-0.4, -0.2) is 25.7 Å². The van der Waals surface area contributed by atoms with Crippen molar-refractivity contribution in [1.29, 1.82) is 0 Å². The maximum absolute atomic E-state index is 11.2. The molecule has 0 aromatic rings. The molecule has 1 aliphatic carbocycles. The van der Waals surface area contributed by atoms with Crippen LogP contribution in [0.3, 0.4) is 0 Å². The third kappa shape index (κ3) is 1.03. The summed E-state index contributed by atoms with van der Waals surface area (Å²) in [7, 11) is 0.